The van der Waals surface area contributed by atoms with Gasteiger partial charge in [-0.05, 0) is 69.9 Å². The summed E-state index contributed by atoms with van der Waals surface area (Å²) in [6.07, 6.45) is 4.97. The molecule has 1 atom stereocenters. The Kier molecular flexibility index (Phi) is 3.92. The molecule has 0 saturated carbocycles. The van der Waals surface area contributed by atoms with Crippen LogP contribution in [0.4, 0.5) is 0 Å². The number of hydrogen-bond acceptors (Lipinski definition) is 4. The molecule has 120 valence electrons. The van der Waals surface area contributed by atoms with E-state index in [0.717, 1.165) is 31.9 Å². The van der Waals surface area contributed by atoms with E-state index < -0.39 is 0 Å². The highest BCUT2D eigenvalue weighted by atomic mass is 16.4. The van der Waals surface area contributed by atoms with E-state index in [0.29, 0.717) is 17.7 Å². The number of fused-ring (bicyclic) bond motifs is 3. The molecule has 1 aromatic heterocycles. The Bertz CT molecular complexity index is 528. The first kappa shape index (κ1) is 14.3. The van der Waals surface area contributed by atoms with Gasteiger partial charge in [-0.2, -0.15) is 0 Å². The van der Waals surface area contributed by atoms with Crippen LogP contribution in [0.5, 0.6) is 0 Å². The second-order valence-electron chi connectivity index (χ2n) is 6.97. The number of likely N-dealkylation sites (tertiary alicyclic amines) is 1. The number of carbonyl (C=O) groups is 1. The Balaban J connectivity index is 1.35. The topological polar surface area (TPSA) is 48.7 Å². The summed E-state index contributed by atoms with van der Waals surface area (Å²) >= 11 is 0. The van der Waals surface area contributed by atoms with Gasteiger partial charge in [-0.1, -0.05) is 0 Å². The summed E-state index contributed by atoms with van der Waals surface area (Å²) < 4.78 is 5.76. The van der Waals surface area contributed by atoms with Gasteiger partial charge in [-0.3, -0.25) is 9.69 Å². The van der Waals surface area contributed by atoms with E-state index in [1.807, 2.05) is 12.1 Å². The van der Waals surface area contributed by atoms with Crippen LogP contribution in [0.25, 0.3) is 0 Å². The van der Waals surface area contributed by atoms with Crippen LogP contribution in [0, 0.1) is 5.92 Å². The van der Waals surface area contributed by atoms with E-state index in [-0.39, 0.29) is 5.91 Å². The van der Waals surface area contributed by atoms with Crippen molar-refractivity contribution in [2.75, 3.05) is 32.7 Å². The van der Waals surface area contributed by atoms with Crippen LogP contribution >= 0.6 is 0 Å². The second-order valence-corrected chi connectivity index (χ2v) is 6.97. The summed E-state index contributed by atoms with van der Waals surface area (Å²) in [6, 6.07) is 4.06. The van der Waals surface area contributed by atoms with Gasteiger partial charge in [-0.25, -0.2) is 0 Å². The average Bonchev–Trinajstić information content (AvgIpc) is 3.21. The van der Waals surface area contributed by atoms with Crippen molar-refractivity contribution in [3.8, 4) is 0 Å². The Morgan fingerprint density at radius 1 is 1.18 bits per heavy atom. The molecule has 0 spiro atoms. The van der Waals surface area contributed by atoms with Gasteiger partial charge in [0.25, 0.3) is 5.91 Å². The Morgan fingerprint density at radius 2 is 1.95 bits per heavy atom. The lowest BCUT2D eigenvalue weighted by molar-refractivity contribution is 0.0604. The molecule has 2 bridgehead atoms. The Hall–Kier alpha value is -1.33. The van der Waals surface area contributed by atoms with Crippen LogP contribution in [0.3, 0.4) is 0 Å². The summed E-state index contributed by atoms with van der Waals surface area (Å²) in [5.74, 6) is 1.96. The molecule has 4 saturated heterocycles. The minimum absolute atomic E-state index is 0.0496. The van der Waals surface area contributed by atoms with Crippen molar-refractivity contribution in [2.24, 2.45) is 5.92 Å². The van der Waals surface area contributed by atoms with Gasteiger partial charge < -0.3 is 14.6 Å². The van der Waals surface area contributed by atoms with Crippen LogP contribution in [-0.2, 0) is 6.54 Å². The van der Waals surface area contributed by atoms with Crippen LogP contribution in [-0.4, -0.2) is 54.5 Å². The third-order valence-corrected chi connectivity index (χ3v) is 5.44. The molecule has 4 aliphatic heterocycles. The van der Waals surface area contributed by atoms with Crippen LogP contribution in [0.2, 0.25) is 0 Å². The number of nitrogens with one attached hydrogen (secondary N) is 1. The SMILES string of the molecule is O=C(NC1CN2CCC1CC2)c1ccc(CN2CCCC2)o1. The highest BCUT2D eigenvalue weighted by Gasteiger charge is 2.35. The molecule has 22 heavy (non-hydrogen) atoms. The van der Waals surface area contributed by atoms with Crippen molar-refractivity contribution >= 4 is 5.91 Å². The van der Waals surface area contributed by atoms with Crippen molar-refractivity contribution in [3.05, 3.63) is 23.7 Å². The molecule has 4 fully saturated rings. The molecule has 1 amide bonds. The molecule has 0 radical (unpaired) electrons. The fraction of sp³-hybridized carbons (Fsp3) is 0.706. The fourth-order valence-electron chi connectivity index (χ4n) is 4.11. The van der Waals surface area contributed by atoms with Crippen molar-refractivity contribution in [3.63, 3.8) is 0 Å². The highest BCUT2D eigenvalue weighted by molar-refractivity contribution is 5.91. The van der Waals surface area contributed by atoms with Gasteiger partial charge in [0.05, 0.1) is 6.54 Å². The zero-order valence-electron chi connectivity index (χ0n) is 13.1. The molecule has 5 heteroatoms. The van der Waals surface area contributed by atoms with E-state index in [9.17, 15) is 4.79 Å². The number of amides is 1. The van der Waals surface area contributed by atoms with Gasteiger partial charge in [-0.15, -0.1) is 0 Å². The van der Waals surface area contributed by atoms with Crippen molar-refractivity contribution in [1.82, 2.24) is 15.1 Å². The van der Waals surface area contributed by atoms with Crippen LogP contribution in [0.1, 0.15) is 42.0 Å². The lowest BCUT2D eigenvalue weighted by atomic mass is 9.84. The molecule has 0 aliphatic carbocycles. The monoisotopic (exact) mass is 303 g/mol. The van der Waals surface area contributed by atoms with E-state index in [4.69, 9.17) is 4.42 Å². The fourth-order valence-corrected chi connectivity index (χ4v) is 4.11. The summed E-state index contributed by atoms with van der Waals surface area (Å²) in [7, 11) is 0. The standard InChI is InChI=1S/C17H25N3O2/c21-17(18-15-12-20-9-5-13(15)6-10-20)16-4-3-14(22-16)11-19-7-1-2-8-19/h3-4,13,15H,1-2,5-12H2,(H,18,21). The van der Waals surface area contributed by atoms with Gasteiger partial charge in [0, 0.05) is 12.6 Å². The van der Waals surface area contributed by atoms with Gasteiger partial charge in [0.15, 0.2) is 5.76 Å². The zero-order chi connectivity index (χ0) is 14.9. The zero-order valence-corrected chi connectivity index (χ0v) is 13.1. The van der Waals surface area contributed by atoms with Crippen LogP contribution < -0.4 is 5.32 Å². The van der Waals surface area contributed by atoms with Gasteiger partial charge >= 0.3 is 0 Å². The normalized spacial score (nSPS) is 31.5. The van der Waals surface area contributed by atoms with Gasteiger partial charge in [0.1, 0.15) is 5.76 Å². The maximum Gasteiger partial charge on any atom is 0.287 e. The number of piperidine rings is 3. The smallest absolute Gasteiger partial charge is 0.287 e. The summed E-state index contributed by atoms with van der Waals surface area (Å²) in [4.78, 5) is 17.2. The molecule has 5 heterocycles. The minimum atomic E-state index is -0.0496. The van der Waals surface area contributed by atoms with Crippen molar-refractivity contribution in [2.45, 2.75) is 38.3 Å². The molecule has 1 unspecified atom stereocenters. The van der Waals surface area contributed by atoms with E-state index in [1.54, 1.807) is 0 Å². The number of nitrogens with zero attached hydrogens (tertiary/aromatic N) is 2. The van der Waals surface area contributed by atoms with Crippen molar-refractivity contribution in [1.29, 1.82) is 0 Å². The third-order valence-electron chi connectivity index (χ3n) is 5.44. The van der Waals surface area contributed by atoms with E-state index in [2.05, 4.69) is 15.1 Å². The molecule has 5 nitrogen and oxygen atoms in total. The molecular weight excluding hydrogens is 278 g/mol. The number of rotatable bonds is 4. The number of furan rings is 1. The summed E-state index contributed by atoms with van der Waals surface area (Å²) in [6.45, 7) is 6.49. The predicted molar refractivity (Wildman–Crippen MR) is 83.6 cm³/mol. The summed E-state index contributed by atoms with van der Waals surface area (Å²) in [5.41, 5.74) is 0. The average molecular weight is 303 g/mol. The molecule has 4 aliphatic rings. The minimum Gasteiger partial charge on any atom is -0.455 e. The second kappa shape index (κ2) is 6.05. The lowest BCUT2D eigenvalue weighted by Gasteiger charge is -2.44. The van der Waals surface area contributed by atoms with E-state index in [1.165, 1.54) is 38.8 Å². The molecular formula is C17H25N3O2. The third kappa shape index (κ3) is 2.92. The number of carbonyl (C=O) groups excluding carboxylic acids is 1. The number of hydrogen-bond donors (Lipinski definition) is 1. The molecule has 5 rings (SSSR count). The highest BCUT2D eigenvalue weighted by Crippen LogP contribution is 2.27. The first-order valence-corrected chi connectivity index (χ1v) is 8.62. The van der Waals surface area contributed by atoms with Crippen molar-refractivity contribution < 1.29 is 9.21 Å². The lowest BCUT2D eigenvalue weighted by Crippen LogP contribution is -2.57. The Morgan fingerprint density at radius 3 is 2.64 bits per heavy atom. The quantitative estimate of drug-likeness (QED) is 0.920. The van der Waals surface area contributed by atoms with E-state index >= 15 is 0 Å². The largest absolute Gasteiger partial charge is 0.455 e. The summed E-state index contributed by atoms with van der Waals surface area (Å²) in [5, 5.41) is 3.19. The molecule has 1 aromatic rings. The maximum absolute atomic E-state index is 12.4. The Labute approximate surface area is 131 Å². The first-order valence-electron chi connectivity index (χ1n) is 8.62. The van der Waals surface area contributed by atoms with Crippen LogP contribution in [0.15, 0.2) is 16.5 Å². The predicted octanol–water partition coefficient (Wildman–Crippen LogP) is 1.70. The first-order chi connectivity index (χ1) is 10.8. The molecule has 1 N–H and O–H groups in total. The molecule has 0 aromatic carbocycles. The maximum atomic E-state index is 12.4. The van der Waals surface area contributed by atoms with Gasteiger partial charge in [0.2, 0.25) is 0 Å².